The third kappa shape index (κ3) is 3.53. The Morgan fingerprint density at radius 2 is 1.85 bits per heavy atom. The maximum Gasteiger partial charge on any atom is 0.0879 e. The molecule has 112 valence electrons. The Balaban J connectivity index is 2.18. The number of ether oxygens (including phenoxy) is 1. The summed E-state index contributed by atoms with van der Waals surface area (Å²) in [5.74, 6) is 0. The molecule has 1 aliphatic heterocycles. The molecule has 3 heteroatoms. The monoisotopic (exact) mass is 276 g/mol. The van der Waals surface area contributed by atoms with Crippen LogP contribution in [0.25, 0.3) is 0 Å². The number of nitrogens with zero attached hydrogens (tertiary/aromatic N) is 1. The summed E-state index contributed by atoms with van der Waals surface area (Å²) in [6, 6.07) is 8.90. The molecule has 1 fully saturated rings. The first-order valence-corrected chi connectivity index (χ1v) is 7.45. The van der Waals surface area contributed by atoms with Gasteiger partial charge in [-0.1, -0.05) is 32.9 Å². The lowest BCUT2D eigenvalue weighted by atomic mass is 9.87. The highest BCUT2D eigenvalue weighted by atomic mass is 16.5. The molecular weight excluding hydrogens is 248 g/mol. The molecule has 1 unspecified atom stereocenters. The van der Waals surface area contributed by atoms with Crippen LogP contribution in [0.2, 0.25) is 0 Å². The van der Waals surface area contributed by atoms with Gasteiger partial charge < -0.3 is 15.4 Å². The largest absolute Gasteiger partial charge is 0.367 e. The van der Waals surface area contributed by atoms with E-state index in [9.17, 15) is 0 Å². The molecule has 0 amide bonds. The zero-order valence-corrected chi connectivity index (χ0v) is 13.4. The van der Waals surface area contributed by atoms with Crippen molar-refractivity contribution < 1.29 is 4.74 Å². The zero-order valence-electron chi connectivity index (χ0n) is 13.4. The van der Waals surface area contributed by atoms with Crippen molar-refractivity contribution >= 4 is 5.69 Å². The van der Waals surface area contributed by atoms with Crippen LogP contribution in [0.4, 0.5) is 5.69 Å². The Morgan fingerprint density at radius 3 is 2.35 bits per heavy atom. The fourth-order valence-electron chi connectivity index (χ4n) is 2.79. The molecule has 0 bridgehead atoms. The maximum atomic E-state index is 5.99. The molecule has 0 aromatic heterocycles. The van der Waals surface area contributed by atoms with Crippen LogP contribution in [0, 0.1) is 0 Å². The number of hydrogen-bond acceptors (Lipinski definition) is 3. The van der Waals surface area contributed by atoms with Crippen molar-refractivity contribution in [2.24, 2.45) is 5.73 Å². The van der Waals surface area contributed by atoms with Gasteiger partial charge in [-0.15, -0.1) is 0 Å². The van der Waals surface area contributed by atoms with Gasteiger partial charge in [0.25, 0.3) is 0 Å². The highest BCUT2D eigenvalue weighted by Crippen LogP contribution is 2.28. The molecule has 1 heterocycles. The van der Waals surface area contributed by atoms with Crippen LogP contribution >= 0.6 is 0 Å². The quantitative estimate of drug-likeness (QED) is 0.902. The zero-order chi connectivity index (χ0) is 15.0. The molecule has 0 saturated carbocycles. The third-order valence-corrected chi connectivity index (χ3v) is 3.84. The lowest BCUT2D eigenvalue weighted by Gasteiger charge is -2.43. The summed E-state index contributed by atoms with van der Waals surface area (Å²) < 4.78 is 5.99. The first-order valence-electron chi connectivity index (χ1n) is 7.45. The summed E-state index contributed by atoms with van der Waals surface area (Å²) in [6.45, 7) is 13.3. The molecule has 2 N–H and O–H groups in total. The predicted octanol–water partition coefficient (Wildman–Crippen LogP) is 2.93. The molecule has 0 radical (unpaired) electrons. The van der Waals surface area contributed by atoms with E-state index in [0.29, 0.717) is 6.54 Å². The number of hydrogen-bond donors (Lipinski definition) is 1. The summed E-state index contributed by atoms with van der Waals surface area (Å²) in [4.78, 5) is 2.38. The summed E-state index contributed by atoms with van der Waals surface area (Å²) >= 11 is 0. The van der Waals surface area contributed by atoms with Crippen LogP contribution in [0.5, 0.6) is 0 Å². The second kappa shape index (κ2) is 5.38. The van der Waals surface area contributed by atoms with Crippen molar-refractivity contribution in [3.05, 3.63) is 29.8 Å². The lowest BCUT2D eigenvalue weighted by Crippen LogP contribution is -2.54. The van der Waals surface area contributed by atoms with Gasteiger partial charge in [-0.3, -0.25) is 0 Å². The van der Waals surface area contributed by atoms with Gasteiger partial charge in [0.2, 0.25) is 0 Å². The number of benzene rings is 1. The number of morpholine rings is 1. The Bertz CT molecular complexity index is 445. The van der Waals surface area contributed by atoms with E-state index in [1.54, 1.807) is 0 Å². The molecule has 1 saturated heterocycles. The van der Waals surface area contributed by atoms with Gasteiger partial charge in [0.15, 0.2) is 0 Å². The van der Waals surface area contributed by atoms with E-state index < -0.39 is 0 Å². The van der Waals surface area contributed by atoms with Crippen LogP contribution in [-0.4, -0.2) is 31.3 Å². The van der Waals surface area contributed by atoms with Crippen LogP contribution in [0.3, 0.4) is 0 Å². The Labute approximate surface area is 123 Å². The van der Waals surface area contributed by atoms with Crippen LogP contribution in [0.15, 0.2) is 24.3 Å². The van der Waals surface area contributed by atoms with Crippen molar-refractivity contribution in [1.29, 1.82) is 0 Å². The molecule has 1 aliphatic rings. The summed E-state index contributed by atoms with van der Waals surface area (Å²) in [7, 11) is 0. The second-order valence-electron chi connectivity index (χ2n) is 7.41. The smallest absolute Gasteiger partial charge is 0.0879 e. The molecule has 0 spiro atoms. The van der Waals surface area contributed by atoms with Crippen molar-refractivity contribution in [3.63, 3.8) is 0 Å². The average molecular weight is 276 g/mol. The van der Waals surface area contributed by atoms with Crippen molar-refractivity contribution in [3.8, 4) is 0 Å². The van der Waals surface area contributed by atoms with E-state index in [2.05, 4.69) is 63.8 Å². The number of rotatable bonds is 2. The highest BCUT2D eigenvalue weighted by molar-refractivity contribution is 5.49. The first kappa shape index (κ1) is 15.3. The minimum absolute atomic E-state index is 0.112. The van der Waals surface area contributed by atoms with Crippen LogP contribution in [-0.2, 0) is 10.2 Å². The molecule has 1 aromatic carbocycles. The summed E-state index contributed by atoms with van der Waals surface area (Å²) in [6.07, 6.45) is 0.112. The normalized spacial score (nSPS) is 22.9. The van der Waals surface area contributed by atoms with E-state index in [0.717, 1.165) is 13.1 Å². The van der Waals surface area contributed by atoms with Gasteiger partial charge >= 0.3 is 0 Å². The second-order valence-corrected chi connectivity index (χ2v) is 7.41. The standard InChI is InChI=1S/C17H28N2O/c1-16(2,3)13-6-8-14(9-7-13)19-11-15(10-18)20-17(4,5)12-19/h6-9,15H,10-12,18H2,1-5H3. The highest BCUT2D eigenvalue weighted by Gasteiger charge is 2.32. The summed E-state index contributed by atoms with van der Waals surface area (Å²) in [5, 5.41) is 0. The van der Waals surface area contributed by atoms with Crippen molar-refractivity contribution in [1.82, 2.24) is 0 Å². The van der Waals surface area contributed by atoms with E-state index in [1.165, 1.54) is 11.3 Å². The maximum absolute atomic E-state index is 5.99. The fraction of sp³-hybridized carbons (Fsp3) is 0.647. The molecular formula is C17H28N2O. The van der Waals surface area contributed by atoms with Gasteiger partial charge in [0.05, 0.1) is 11.7 Å². The number of nitrogens with two attached hydrogens (primary N) is 1. The van der Waals surface area contributed by atoms with Crippen molar-refractivity contribution in [2.75, 3.05) is 24.5 Å². The fourth-order valence-corrected chi connectivity index (χ4v) is 2.79. The molecule has 20 heavy (non-hydrogen) atoms. The average Bonchev–Trinajstić information content (AvgIpc) is 2.36. The molecule has 3 nitrogen and oxygen atoms in total. The topological polar surface area (TPSA) is 38.5 Å². The lowest BCUT2D eigenvalue weighted by molar-refractivity contribution is -0.0788. The van der Waals surface area contributed by atoms with E-state index in [4.69, 9.17) is 10.5 Å². The molecule has 1 aromatic rings. The van der Waals surface area contributed by atoms with Crippen LogP contribution in [0.1, 0.15) is 40.2 Å². The Morgan fingerprint density at radius 1 is 1.25 bits per heavy atom. The molecule has 0 aliphatic carbocycles. The number of anilines is 1. The molecule has 2 rings (SSSR count). The predicted molar refractivity (Wildman–Crippen MR) is 85.4 cm³/mol. The summed E-state index contributed by atoms with van der Waals surface area (Å²) in [5.41, 5.74) is 8.47. The van der Waals surface area contributed by atoms with Gasteiger partial charge in [0, 0.05) is 25.3 Å². The SMILES string of the molecule is CC1(C)CN(c2ccc(C(C)(C)C)cc2)CC(CN)O1. The minimum Gasteiger partial charge on any atom is -0.367 e. The third-order valence-electron chi connectivity index (χ3n) is 3.84. The molecule has 1 atom stereocenters. The van der Waals surface area contributed by atoms with Gasteiger partial charge in [0.1, 0.15) is 0 Å². The minimum atomic E-state index is -0.148. The van der Waals surface area contributed by atoms with Gasteiger partial charge in [-0.25, -0.2) is 0 Å². The first-order chi connectivity index (χ1) is 9.21. The van der Waals surface area contributed by atoms with Crippen molar-refractivity contribution in [2.45, 2.75) is 51.7 Å². The van der Waals surface area contributed by atoms with Gasteiger partial charge in [-0.2, -0.15) is 0 Å². The van der Waals surface area contributed by atoms with Gasteiger partial charge in [-0.05, 0) is 37.0 Å². The van der Waals surface area contributed by atoms with E-state index >= 15 is 0 Å². The van der Waals surface area contributed by atoms with Crippen LogP contribution < -0.4 is 10.6 Å². The van der Waals surface area contributed by atoms with E-state index in [1.807, 2.05) is 0 Å². The Hall–Kier alpha value is -1.06. The van der Waals surface area contributed by atoms with E-state index in [-0.39, 0.29) is 17.1 Å². The Kier molecular flexibility index (Phi) is 4.12.